The highest BCUT2D eigenvalue weighted by atomic mass is 15.1. The molecule has 14 heavy (non-hydrogen) atoms. The van der Waals surface area contributed by atoms with Gasteiger partial charge in [0.05, 0.1) is 0 Å². The Morgan fingerprint density at radius 1 is 1.43 bits per heavy atom. The van der Waals surface area contributed by atoms with Crippen molar-refractivity contribution in [2.45, 2.75) is 40.0 Å². The molecular weight excluding hydrogens is 172 g/mol. The molecule has 0 aliphatic carbocycles. The molecule has 0 spiro atoms. The third kappa shape index (κ3) is 3.97. The van der Waals surface area contributed by atoms with Crippen LogP contribution in [0.5, 0.6) is 0 Å². The largest absolute Gasteiger partial charge is 0.330 e. The highest BCUT2D eigenvalue weighted by Crippen LogP contribution is 2.22. The first-order valence-corrected chi connectivity index (χ1v) is 5.96. The summed E-state index contributed by atoms with van der Waals surface area (Å²) in [4.78, 5) is 2.59. The normalized spacial score (nSPS) is 24.4. The van der Waals surface area contributed by atoms with Crippen molar-refractivity contribution in [2.75, 3.05) is 26.2 Å². The molecule has 0 saturated carbocycles. The van der Waals surface area contributed by atoms with E-state index >= 15 is 0 Å². The second kappa shape index (κ2) is 5.13. The lowest BCUT2D eigenvalue weighted by atomic mass is 9.88. The Labute approximate surface area is 88.8 Å². The van der Waals surface area contributed by atoms with E-state index in [0.717, 1.165) is 12.5 Å². The summed E-state index contributed by atoms with van der Waals surface area (Å²) in [5.41, 5.74) is 6.05. The van der Waals surface area contributed by atoms with E-state index < -0.39 is 0 Å². The Hall–Kier alpha value is -0.0800. The van der Waals surface area contributed by atoms with Crippen molar-refractivity contribution in [1.29, 1.82) is 0 Å². The Morgan fingerprint density at radius 2 is 2.14 bits per heavy atom. The third-order valence-electron chi connectivity index (χ3n) is 3.39. The molecule has 2 nitrogen and oxygen atoms in total. The summed E-state index contributed by atoms with van der Waals surface area (Å²) in [5.74, 6) is 0.914. The first-order valence-electron chi connectivity index (χ1n) is 5.96. The molecule has 2 heteroatoms. The molecule has 1 atom stereocenters. The van der Waals surface area contributed by atoms with Crippen LogP contribution in [0.15, 0.2) is 0 Å². The van der Waals surface area contributed by atoms with Gasteiger partial charge in [-0.15, -0.1) is 0 Å². The Bertz CT molecular complexity index is 166. The number of hydrogen-bond donors (Lipinski definition) is 1. The van der Waals surface area contributed by atoms with Gasteiger partial charge >= 0.3 is 0 Å². The van der Waals surface area contributed by atoms with Crippen LogP contribution in [0, 0.1) is 11.3 Å². The molecule has 0 aromatic carbocycles. The number of likely N-dealkylation sites (tertiary alicyclic amines) is 1. The summed E-state index contributed by atoms with van der Waals surface area (Å²) in [6.07, 6.45) is 3.95. The van der Waals surface area contributed by atoms with Crippen molar-refractivity contribution < 1.29 is 0 Å². The predicted molar refractivity (Wildman–Crippen MR) is 62.3 cm³/mol. The lowest BCUT2D eigenvalue weighted by molar-refractivity contribution is 0.274. The fraction of sp³-hybridized carbons (Fsp3) is 1.00. The van der Waals surface area contributed by atoms with Crippen molar-refractivity contribution in [3.05, 3.63) is 0 Å². The van der Waals surface area contributed by atoms with Crippen LogP contribution in [0.2, 0.25) is 0 Å². The molecule has 0 radical (unpaired) electrons. The molecule has 1 aliphatic heterocycles. The standard InChI is InChI=1S/C12H26N2/c1-11-5-8-14(9-11)7-4-6-12(2,3)10-13/h11H,4-10,13H2,1-3H3. The lowest BCUT2D eigenvalue weighted by Crippen LogP contribution is -2.27. The van der Waals surface area contributed by atoms with Crippen molar-refractivity contribution >= 4 is 0 Å². The van der Waals surface area contributed by atoms with Crippen LogP contribution in [0.3, 0.4) is 0 Å². The topological polar surface area (TPSA) is 29.3 Å². The minimum Gasteiger partial charge on any atom is -0.330 e. The molecule has 0 amide bonds. The van der Waals surface area contributed by atoms with Crippen LogP contribution < -0.4 is 5.73 Å². The summed E-state index contributed by atoms with van der Waals surface area (Å²) in [6, 6.07) is 0. The van der Waals surface area contributed by atoms with Gasteiger partial charge in [0.2, 0.25) is 0 Å². The van der Waals surface area contributed by atoms with E-state index in [4.69, 9.17) is 5.73 Å². The van der Waals surface area contributed by atoms with Crippen molar-refractivity contribution in [3.63, 3.8) is 0 Å². The van der Waals surface area contributed by atoms with E-state index in [0.29, 0.717) is 5.41 Å². The van der Waals surface area contributed by atoms with Gasteiger partial charge in [0.1, 0.15) is 0 Å². The van der Waals surface area contributed by atoms with E-state index in [-0.39, 0.29) is 0 Å². The first-order chi connectivity index (χ1) is 6.53. The molecule has 1 fully saturated rings. The van der Waals surface area contributed by atoms with E-state index in [1.807, 2.05) is 0 Å². The molecule has 0 bridgehead atoms. The fourth-order valence-corrected chi connectivity index (χ4v) is 2.11. The molecule has 84 valence electrons. The summed E-state index contributed by atoms with van der Waals surface area (Å²) in [7, 11) is 0. The van der Waals surface area contributed by atoms with Crippen molar-refractivity contribution in [1.82, 2.24) is 4.90 Å². The molecule has 1 saturated heterocycles. The fourth-order valence-electron chi connectivity index (χ4n) is 2.11. The quantitative estimate of drug-likeness (QED) is 0.733. The smallest absolute Gasteiger partial charge is 0.000750 e. The summed E-state index contributed by atoms with van der Waals surface area (Å²) in [6.45, 7) is 11.6. The molecule has 1 rings (SSSR count). The highest BCUT2D eigenvalue weighted by molar-refractivity contribution is 4.74. The Kier molecular flexibility index (Phi) is 4.39. The van der Waals surface area contributed by atoms with Gasteiger partial charge < -0.3 is 10.6 Å². The maximum absolute atomic E-state index is 5.71. The first kappa shape index (κ1) is 12.0. The predicted octanol–water partition coefficient (Wildman–Crippen LogP) is 2.09. The van der Waals surface area contributed by atoms with Gasteiger partial charge in [0.25, 0.3) is 0 Å². The number of rotatable bonds is 5. The average Bonchev–Trinajstić information content (AvgIpc) is 2.51. The van der Waals surface area contributed by atoms with Crippen LogP contribution in [0.1, 0.15) is 40.0 Å². The highest BCUT2D eigenvalue weighted by Gasteiger charge is 2.19. The lowest BCUT2D eigenvalue weighted by Gasteiger charge is -2.23. The maximum Gasteiger partial charge on any atom is 0.000750 e. The zero-order valence-electron chi connectivity index (χ0n) is 10.1. The van der Waals surface area contributed by atoms with Gasteiger partial charge in [-0.2, -0.15) is 0 Å². The Morgan fingerprint density at radius 3 is 2.64 bits per heavy atom. The van der Waals surface area contributed by atoms with E-state index in [9.17, 15) is 0 Å². The van der Waals surface area contributed by atoms with Gasteiger partial charge in [-0.3, -0.25) is 0 Å². The van der Waals surface area contributed by atoms with Gasteiger partial charge in [-0.25, -0.2) is 0 Å². The second-order valence-corrected chi connectivity index (χ2v) is 5.67. The molecule has 0 aromatic heterocycles. The minimum absolute atomic E-state index is 0.339. The summed E-state index contributed by atoms with van der Waals surface area (Å²) in [5, 5.41) is 0. The molecule has 2 N–H and O–H groups in total. The third-order valence-corrected chi connectivity index (χ3v) is 3.39. The summed E-state index contributed by atoms with van der Waals surface area (Å²) >= 11 is 0. The van der Waals surface area contributed by atoms with Crippen LogP contribution >= 0.6 is 0 Å². The Balaban J connectivity index is 2.10. The maximum atomic E-state index is 5.71. The molecule has 1 aliphatic rings. The van der Waals surface area contributed by atoms with Gasteiger partial charge in [-0.05, 0) is 50.2 Å². The van der Waals surface area contributed by atoms with Gasteiger partial charge in [0.15, 0.2) is 0 Å². The summed E-state index contributed by atoms with van der Waals surface area (Å²) < 4.78 is 0. The van der Waals surface area contributed by atoms with Crippen LogP contribution in [0.25, 0.3) is 0 Å². The monoisotopic (exact) mass is 198 g/mol. The van der Waals surface area contributed by atoms with E-state index in [2.05, 4.69) is 25.7 Å². The van der Waals surface area contributed by atoms with Crippen molar-refractivity contribution in [3.8, 4) is 0 Å². The molecule has 1 unspecified atom stereocenters. The average molecular weight is 198 g/mol. The zero-order chi connectivity index (χ0) is 10.6. The van der Waals surface area contributed by atoms with Crippen LogP contribution in [-0.2, 0) is 0 Å². The number of hydrogen-bond acceptors (Lipinski definition) is 2. The minimum atomic E-state index is 0.339. The van der Waals surface area contributed by atoms with E-state index in [1.54, 1.807) is 0 Å². The van der Waals surface area contributed by atoms with Gasteiger partial charge in [-0.1, -0.05) is 20.8 Å². The molecular formula is C12H26N2. The second-order valence-electron chi connectivity index (χ2n) is 5.67. The van der Waals surface area contributed by atoms with Crippen molar-refractivity contribution in [2.24, 2.45) is 17.1 Å². The van der Waals surface area contributed by atoms with Crippen LogP contribution in [-0.4, -0.2) is 31.1 Å². The molecule has 0 aromatic rings. The SMILES string of the molecule is CC1CCN(CCCC(C)(C)CN)C1. The zero-order valence-corrected chi connectivity index (χ0v) is 10.1. The van der Waals surface area contributed by atoms with Gasteiger partial charge in [0, 0.05) is 6.54 Å². The van der Waals surface area contributed by atoms with Crippen LogP contribution in [0.4, 0.5) is 0 Å². The molecule has 1 heterocycles. The number of nitrogens with zero attached hydrogens (tertiary/aromatic N) is 1. The van der Waals surface area contributed by atoms with E-state index in [1.165, 1.54) is 38.9 Å². The number of nitrogens with two attached hydrogens (primary N) is 1.